The number of nitrogens with one attached hydrogen (secondary N) is 2. The Kier molecular flexibility index (Phi) is 4.06. The molecule has 1 aliphatic rings. The minimum Gasteiger partial charge on any atom is -0.493 e. The summed E-state index contributed by atoms with van der Waals surface area (Å²) >= 11 is 8.26. The number of hydrogen-bond donors (Lipinski definition) is 2. The lowest BCUT2D eigenvalue weighted by Gasteiger charge is -2.11. The third-order valence-electron chi connectivity index (χ3n) is 2.49. The van der Waals surface area contributed by atoms with E-state index in [2.05, 4.69) is 26.6 Å². The number of halogens is 1. The van der Waals surface area contributed by atoms with Crippen LogP contribution in [0.5, 0.6) is 11.5 Å². The van der Waals surface area contributed by atoms with Crippen molar-refractivity contribution < 1.29 is 14.3 Å². The fraction of sp³-hybridized carbons (Fsp3) is 0.167. The van der Waals surface area contributed by atoms with Crippen molar-refractivity contribution >= 4 is 45.2 Å². The summed E-state index contributed by atoms with van der Waals surface area (Å²) in [5, 5.41) is 5.57. The molecule has 100 valence electrons. The van der Waals surface area contributed by atoms with E-state index in [1.807, 2.05) is 6.07 Å². The van der Waals surface area contributed by atoms with E-state index in [1.54, 1.807) is 26.4 Å². The normalized spacial score (nSPS) is 16.3. The fourth-order valence-electron chi connectivity index (χ4n) is 1.70. The van der Waals surface area contributed by atoms with E-state index >= 15 is 0 Å². The predicted octanol–water partition coefficient (Wildman–Crippen LogP) is 1.81. The van der Waals surface area contributed by atoms with Crippen LogP contribution in [0.4, 0.5) is 0 Å². The van der Waals surface area contributed by atoms with E-state index in [1.165, 1.54) is 0 Å². The highest BCUT2D eigenvalue weighted by molar-refractivity contribution is 9.10. The van der Waals surface area contributed by atoms with Crippen molar-refractivity contribution in [3.63, 3.8) is 0 Å². The summed E-state index contributed by atoms with van der Waals surface area (Å²) in [6.07, 6.45) is 1.65. The van der Waals surface area contributed by atoms with Crippen LogP contribution in [-0.4, -0.2) is 25.2 Å². The molecule has 1 aliphatic heterocycles. The minimum absolute atomic E-state index is 0.272. The average molecular weight is 343 g/mol. The van der Waals surface area contributed by atoms with Gasteiger partial charge in [0.25, 0.3) is 5.91 Å². The van der Waals surface area contributed by atoms with Crippen molar-refractivity contribution in [1.29, 1.82) is 0 Å². The largest absolute Gasteiger partial charge is 0.493 e. The molecule has 1 amide bonds. The second-order valence-corrected chi connectivity index (χ2v) is 5.02. The van der Waals surface area contributed by atoms with Gasteiger partial charge in [0, 0.05) is 10.0 Å². The minimum atomic E-state index is -0.272. The van der Waals surface area contributed by atoms with E-state index in [0.717, 1.165) is 4.47 Å². The van der Waals surface area contributed by atoms with Crippen molar-refractivity contribution in [3.8, 4) is 11.5 Å². The first-order valence-corrected chi connectivity index (χ1v) is 6.51. The van der Waals surface area contributed by atoms with Crippen LogP contribution in [-0.2, 0) is 4.79 Å². The summed E-state index contributed by atoms with van der Waals surface area (Å²) in [6, 6.07) is 3.61. The van der Waals surface area contributed by atoms with Gasteiger partial charge in [0.05, 0.1) is 14.2 Å². The quantitative estimate of drug-likeness (QED) is 0.648. The number of benzene rings is 1. The Morgan fingerprint density at radius 1 is 1.26 bits per heavy atom. The average Bonchev–Trinajstić information content (AvgIpc) is 2.67. The molecule has 0 aliphatic carbocycles. The summed E-state index contributed by atoms with van der Waals surface area (Å²) in [7, 11) is 3.09. The highest BCUT2D eigenvalue weighted by Gasteiger charge is 2.21. The lowest BCUT2D eigenvalue weighted by Crippen LogP contribution is -2.21. The van der Waals surface area contributed by atoms with Gasteiger partial charge in [-0.15, -0.1) is 0 Å². The molecule has 2 rings (SSSR count). The molecule has 0 saturated carbocycles. The van der Waals surface area contributed by atoms with Gasteiger partial charge in [-0.25, -0.2) is 0 Å². The third-order valence-corrected chi connectivity index (χ3v) is 3.15. The number of amides is 1. The maximum Gasteiger partial charge on any atom is 0.273 e. The zero-order valence-corrected chi connectivity index (χ0v) is 12.6. The van der Waals surface area contributed by atoms with Crippen LogP contribution in [0.1, 0.15) is 5.56 Å². The molecular weight excluding hydrogens is 332 g/mol. The highest BCUT2D eigenvalue weighted by Crippen LogP contribution is 2.35. The molecule has 0 bridgehead atoms. The molecule has 7 heteroatoms. The molecule has 5 nitrogen and oxygen atoms in total. The molecule has 1 fully saturated rings. The van der Waals surface area contributed by atoms with E-state index in [0.29, 0.717) is 22.8 Å². The van der Waals surface area contributed by atoms with Crippen molar-refractivity contribution in [1.82, 2.24) is 10.6 Å². The number of carbonyl (C=O) groups excluding carboxylic acids is 1. The maximum atomic E-state index is 11.6. The van der Waals surface area contributed by atoms with Crippen LogP contribution < -0.4 is 20.1 Å². The Balaban J connectivity index is 2.50. The molecule has 0 aromatic heterocycles. The van der Waals surface area contributed by atoms with Gasteiger partial charge in [0.2, 0.25) is 0 Å². The molecule has 1 saturated heterocycles. The lowest BCUT2D eigenvalue weighted by molar-refractivity contribution is -0.115. The number of thiocarbonyl (C=S) groups is 1. The first-order chi connectivity index (χ1) is 9.05. The molecular formula is C12H11BrN2O3S. The summed E-state index contributed by atoms with van der Waals surface area (Å²) in [4.78, 5) is 11.6. The van der Waals surface area contributed by atoms with Gasteiger partial charge in [-0.2, -0.15) is 0 Å². The first-order valence-electron chi connectivity index (χ1n) is 5.30. The van der Waals surface area contributed by atoms with E-state index in [-0.39, 0.29) is 11.0 Å². The third kappa shape index (κ3) is 2.87. The Bertz CT molecular complexity index is 587. The monoisotopic (exact) mass is 342 g/mol. The van der Waals surface area contributed by atoms with Gasteiger partial charge in [0.15, 0.2) is 16.6 Å². The zero-order chi connectivity index (χ0) is 14.0. The van der Waals surface area contributed by atoms with Crippen LogP contribution in [0, 0.1) is 0 Å². The molecule has 0 radical (unpaired) electrons. The molecule has 1 aromatic rings. The number of rotatable bonds is 3. The van der Waals surface area contributed by atoms with E-state index in [9.17, 15) is 4.79 Å². The molecule has 0 spiro atoms. The number of carbonyl (C=O) groups is 1. The predicted molar refractivity (Wildman–Crippen MR) is 79.1 cm³/mol. The summed E-state index contributed by atoms with van der Waals surface area (Å²) < 4.78 is 11.4. The van der Waals surface area contributed by atoms with Crippen LogP contribution in [0.2, 0.25) is 0 Å². The van der Waals surface area contributed by atoms with Crippen molar-refractivity contribution in [2.24, 2.45) is 0 Å². The van der Waals surface area contributed by atoms with Gasteiger partial charge < -0.3 is 14.8 Å². The first kappa shape index (κ1) is 13.8. The van der Waals surface area contributed by atoms with E-state index < -0.39 is 0 Å². The van der Waals surface area contributed by atoms with Gasteiger partial charge in [0.1, 0.15) is 5.70 Å². The second-order valence-electron chi connectivity index (χ2n) is 3.70. The van der Waals surface area contributed by atoms with Crippen LogP contribution in [0.3, 0.4) is 0 Å². The Hall–Kier alpha value is -1.60. The van der Waals surface area contributed by atoms with Crippen molar-refractivity contribution in [2.75, 3.05) is 14.2 Å². The van der Waals surface area contributed by atoms with Gasteiger partial charge in [-0.05, 0) is 30.4 Å². The Morgan fingerprint density at radius 2 is 2.00 bits per heavy atom. The second kappa shape index (κ2) is 5.58. The smallest absolute Gasteiger partial charge is 0.273 e. The van der Waals surface area contributed by atoms with Crippen molar-refractivity contribution in [3.05, 3.63) is 27.9 Å². The van der Waals surface area contributed by atoms with Crippen LogP contribution in [0.15, 0.2) is 22.3 Å². The highest BCUT2D eigenvalue weighted by atomic mass is 79.9. The molecule has 0 unspecified atom stereocenters. The standard InChI is InChI=1S/C12H11BrN2O3S/c1-17-9-5-7(13)3-6(10(9)18-2)4-8-11(16)15-12(19)14-8/h3-5H,1-2H3,(H2,14,15,16,19). The molecule has 19 heavy (non-hydrogen) atoms. The number of methoxy groups -OCH3 is 2. The zero-order valence-electron chi connectivity index (χ0n) is 10.2. The van der Waals surface area contributed by atoms with Gasteiger partial charge in [-0.1, -0.05) is 15.9 Å². The fourth-order valence-corrected chi connectivity index (χ4v) is 2.36. The lowest BCUT2D eigenvalue weighted by atomic mass is 10.1. The van der Waals surface area contributed by atoms with Crippen LogP contribution in [0.25, 0.3) is 6.08 Å². The molecule has 0 atom stereocenters. The van der Waals surface area contributed by atoms with Gasteiger partial charge in [-0.3, -0.25) is 10.1 Å². The number of hydrogen-bond acceptors (Lipinski definition) is 4. The molecule has 1 heterocycles. The number of ether oxygens (including phenoxy) is 2. The van der Waals surface area contributed by atoms with Crippen LogP contribution >= 0.6 is 28.1 Å². The topological polar surface area (TPSA) is 59.6 Å². The SMILES string of the molecule is COc1cc(Br)cc(C=C2NC(=S)NC2=O)c1OC. The van der Waals surface area contributed by atoms with Crippen molar-refractivity contribution in [2.45, 2.75) is 0 Å². The van der Waals surface area contributed by atoms with E-state index in [4.69, 9.17) is 21.7 Å². The summed E-state index contributed by atoms with van der Waals surface area (Å²) in [6.45, 7) is 0. The summed E-state index contributed by atoms with van der Waals surface area (Å²) in [5.41, 5.74) is 1.07. The Morgan fingerprint density at radius 3 is 2.53 bits per heavy atom. The molecule has 1 aromatic carbocycles. The Labute approximate surface area is 124 Å². The van der Waals surface area contributed by atoms with Gasteiger partial charge >= 0.3 is 0 Å². The molecule has 2 N–H and O–H groups in total. The maximum absolute atomic E-state index is 11.6. The summed E-state index contributed by atoms with van der Waals surface area (Å²) in [5.74, 6) is 0.848.